The van der Waals surface area contributed by atoms with Gasteiger partial charge in [-0.1, -0.05) is 59.6 Å². The van der Waals surface area contributed by atoms with Crippen molar-refractivity contribution in [3.05, 3.63) is 99.0 Å². The summed E-state index contributed by atoms with van der Waals surface area (Å²) in [6.07, 6.45) is 0. The van der Waals surface area contributed by atoms with Crippen LogP contribution in [-0.4, -0.2) is 34.9 Å². The van der Waals surface area contributed by atoms with Gasteiger partial charge in [0.15, 0.2) is 11.5 Å². The standard InChI is InChI=1S/C26H19Cl2NO5/c27-18-8-6-16(12-19(18)28)23-22(24(30)17-7-9-20-21(13-17)34-11-10-33-20)25(31)26(32)29(23)14-15-4-2-1-3-5-15/h1-9,12-13,23,30H,10-11,14H2. The smallest absolute Gasteiger partial charge is 0.295 e. The fourth-order valence-electron chi connectivity index (χ4n) is 4.20. The summed E-state index contributed by atoms with van der Waals surface area (Å²) in [6.45, 7) is 0.983. The van der Waals surface area contributed by atoms with Gasteiger partial charge in [-0.05, 0) is 41.5 Å². The van der Waals surface area contributed by atoms with Crippen LogP contribution < -0.4 is 9.47 Å². The van der Waals surface area contributed by atoms with E-state index in [0.717, 1.165) is 5.56 Å². The van der Waals surface area contributed by atoms with E-state index in [1.807, 2.05) is 30.3 Å². The van der Waals surface area contributed by atoms with Crippen LogP contribution in [0.25, 0.3) is 5.76 Å². The van der Waals surface area contributed by atoms with E-state index >= 15 is 0 Å². The third kappa shape index (κ3) is 4.00. The summed E-state index contributed by atoms with van der Waals surface area (Å²) in [5.74, 6) is -0.784. The normalized spacial score (nSPS) is 18.9. The van der Waals surface area contributed by atoms with Crippen molar-refractivity contribution in [2.24, 2.45) is 0 Å². The lowest BCUT2D eigenvalue weighted by Crippen LogP contribution is -2.29. The molecule has 0 spiro atoms. The van der Waals surface area contributed by atoms with Crippen LogP contribution in [0.5, 0.6) is 11.5 Å². The molecule has 1 fully saturated rings. The van der Waals surface area contributed by atoms with Crippen LogP contribution in [0.4, 0.5) is 0 Å². The number of ketones is 1. The number of aliphatic hydroxyl groups is 1. The number of amides is 1. The number of hydrogen-bond acceptors (Lipinski definition) is 5. The van der Waals surface area contributed by atoms with Crippen LogP contribution >= 0.6 is 23.2 Å². The first-order chi connectivity index (χ1) is 16.4. The molecule has 2 aliphatic rings. The second-order valence-corrected chi connectivity index (χ2v) is 8.76. The van der Waals surface area contributed by atoms with E-state index < -0.39 is 17.7 Å². The van der Waals surface area contributed by atoms with Crippen molar-refractivity contribution >= 4 is 40.7 Å². The number of nitrogens with zero attached hydrogens (tertiary/aromatic N) is 1. The van der Waals surface area contributed by atoms with Gasteiger partial charge >= 0.3 is 0 Å². The number of rotatable bonds is 4. The third-order valence-electron chi connectivity index (χ3n) is 5.81. The van der Waals surface area contributed by atoms with Crippen molar-refractivity contribution in [3.63, 3.8) is 0 Å². The zero-order chi connectivity index (χ0) is 23.8. The molecule has 2 heterocycles. The molecule has 34 heavy (non-hydrogen) atoms. The van der Waals surface area contributed by atoms with Gasteiger partial charge in [-0.15, -0.1) is 0 Å². The van der Waals surface area contributed by atoms with E-state index in [9.17, 15) is 14.7 Å². The Kier molecular flexibility index (Phi) is 5.94. The van der Waals surface area contributed by atoms with Gasteiger partial charge in [0.1, 0.15) is 19.0 Å². The number of Topliss-reactive ketones (excluding diaryl/α,β-unsaturated/α-hetero) is 1. The first-order valence-corrected chi connectivity index (χ1v) is 11.4. The monoisotopic (exact) mass is 495 g/mol. The van der Waals surface area contributed by atoms with Gasteiger partial charge in [-0.2, -0.15) is 0 Å². The van der Waals surface area contributed by atoms with E-state index in [-0.39, 0.29) is 22.9 Å². The van der Waals surface area contributed by atoms with Crippen molar-refractivity contribution in [2.75, 3.05) is 13.2 Å². The Balaban J connectivity index is 1.65. The fraction of sp³-hybridized carbons (Fsp3) is 0.154. The van der Waals surface area contributed by atoms with Gasteiger partial charge in [-0.25, -0.2) is 0 Å². The molecule has 1 amide bonds. The molecule has 0 aromatic heterocycles. The minimum absolute atomic E-state index is 0.0315. The number of carbonyl (C=O) groups is 2. The first-order valence-electron chi connectivity index (χ1n) is 10.6. The van der Waals surface area contributed by atoms with Gasteiger partial charge < -0.3 is 19.5 Å². The average molecular weight is 496 g/mol. The number of halogens is 2. The summed E-state index contributed by atoms with van der Waals surface area (Å²) in [4.78, 5) is 27.8. The molecule has 0 radical (unpaired) electrons. The summed E-state index contributed by atoms with van der Waals surface area (Å²) >= 11 is 12.4. The van der Waals surface area contributed by atoms with Gasteiger partial charge in [0.05, 0.1) is 21.7 Å². The molecule has 172 valence electrons. The van der Waals surface area contributed by atoms with Crippen molar-refractivity contribution in [1.82, 2.24) is 4.90 Å². The molecule has 0 saturated carbocycles. The Morgan fingerprint density at radius 3 is 2.38 bits per heavy atom. The zero-order valence-corrected chi connectivity index (χ0v) is 19.3. The Morgan fingerprint density at radius 2 is 1.65 bits per heavy atom. The first kappa shape index (κ1) is 22.3. The van der Waals surface area contributed by atoms with E-state index in [0.29, 0.717) is 40.9 Å². The SMILES string of the molecule is O=C1C(=O)N(Cc2ccccc2)C(c2ccc(Cl)c(Cl)c2)C1=C(O)c1ccc2c(c1)OCCO2. The Labute approximate surface area is 205 Å². The third-order valence-corrected chi connectivity index (χ3v) is 6.55. The Bertz CT molecular complexity index is 1320. The predicted octanol–water partition coefficient (Wildman–Crippen LogP) is 5.39. The summed E-state index contributed by atoms with van der Waals surface area (Å²) in [5, 5.41) is 11.9. The van der Waals surface area contributed by atoms with Crippen molar-refractivity contribution in [3.8, 4) is 11.5 Å². The minimum Gasteiger partial charge on any atom is -0.507 e. The number of carbonyl (C=O) groups excluding carboxylic acids is 2. The highest BCUT2D eigenvalue weighted by molar-refractivity contribution is 6.46. The topological polar surface area (TPSA) is 76.1 Å². The van der Waals surface area contributed by atoms with Crippen LogP contribution in [0.3, 0.4) is 0 Å². The summed E-state index contributed by atoms with van der Waals surface area (Å²) in [5.41, 5.74) is 1.71. The number of fused-ring (bicyclic) bond motifs is 1. The lowest BCUT2D eigenvalue weighted by molar-refractivity contribution is -0.140. The highest BCUT2D eigenvalue weighted by atomic mass is 35.5. The molecule has 2 aliphatic heterocycles. The minimum atomic E-state index is -0.858. The molecule has 0 bridgehead atoms. The highest BCUT2D eigenvalue weighted by Gasteiger charge is 2.46. The fourth-order valence-corrected chi connectivity index (χ4v) is 4.50. The predicted molar refractivity (Wildman–Crippen MR) is 128 cm³/mol. The van der Waals surface area contributed by atoms with Crippen LogP contribution in [0.2, 0.25) is 10.0 Å². The maximum Gasteiger partial charge on any atom is 0.295 e. The van der Waals surface area contributed by atoms with Gasteiger partial charge in [-0.3, -0.25) is 9.59 Å². The zero-order valence-electron chi connectivity index (χ0n) is 17.8. The second kappa shape index (κ2) is 9.05. The number of likely N-dealkylation sites (tertiary alicyclic amines) is 1. The average Bonchev–Trinajstić information content (AvgIpc) is 3.10. The van der Waals surface area contributed by atoms with Crippen LogP contribution in [0, 0.1) is 0 Å². The molecule has 5 rings (SSSR count). The molecule has 0 aliphatic carbocycles. The van der Waals surface area contributed by atoms with Crippen LogP contribution in [0.15, 0.2) is 72.3 Å². The number of aliphatic hydroxyl groups excluding tert-OH is 1. The largest absolute Gasteiger partial charge is 0.507 e. The maximum atomic E-state index is 13.2. The van der Waals surface area contributed by atoms with Crippen LogP contribution in [-0.2, 0) is 16.1 Å². The maximum absolute atomic E-state index is 13.2. The Hall–Kier alpha value is -3.48. The second-order valence-electron chi connectivity index (χ2n) is 7.94. The summed E-state index contributed by atoms with van der Waals surface area (Å²) < 4.78 is 11.2. The molecule has 6 nitrogen and oxygen atoms in total. The number of hydrogen-bond donors (Lipinski definition) is 1. The molecule has 1 saturated heterocycles. The molecular formula is C26H19Cl2NO5. The van der Waals surface area contributed by atoms with Crippen molar-refractivity contribution in [1.29, 1.82) is 0 Å². The van der Waals surface area contributed by atoms with Gasteiger partial charge in [0.25, 0.3) is 11.7 Å². The van der Waals surface area contributed by atoms with E-state index in [2.05, 4.69) is 0 Å². The van der Waals surface area contributed by atoms with E-state index in [4.69, 9.17) is 32.7 Å². The summed E-state index contributed by atoms with van der Waals surface area (Å²) in [7, 11) is 0. The Morgan fingerprint density at radius 1 is 0.912 bits per heavy atom. The van der Waals surface area contributed by atoms with Gasteiger partial charge in [0.2, 0.25) is 0 Å². The lowest BCUT2D eigenvalue weighted by Gasteiger charge is -2.26. The molecule has 3 aromatic carbocycles. The molecule has 1 unspecified atom stereocenters. The molecule has 8 heteroatoms. The highest BCUT2D eigenvalue weighted by Crippen LogP contribution is 2.42. The number of benzene rings is 3. The summed E-state index contributed by atoms with van der Waals surface area (Å²) in [6, 6.07) is 18.3. The number of ether oxygens (including phenoxy) is 2. The molecular weight excluding hydrogens is 477 g/mol. The molecule has 1 atom stereocenters. The molecule has 3 aromatic rings. The van der Waals surface area contributed by atoms with Gasteiger partial charge in [0, 0.05) is 12.1 Å². The quantitative estimate of drug-likeness (QED) is 0.298. The van der Waals surface area contributed by atoms with Crippen LogP contribution in [0.1, 0.15) is 22.7 Å². The lowest BCUT2D eigenvalue weighted by atomic mass is 9.95. The van der Waals surface area contributed by atoms with Crippen molar-refractivity contribution < 1.29 is 24.2 Å². The van der Waals surface area contributed by atoms with Crippen molar-refractivity contribution in [2.45, 2.75) is 12.6 Å². The van der Waals surface area contributed by atoms with E-state index in [1.54, 1.807) is 36.4 Å². The molecule has 1 N–H and O–H groups in total. The van der Waals surface area contributed by atoms with E-state index in [1.165, 1.54) is 4.90 Å².